The number of ether oxygens (including phenoxy) is 2. The molecule has 0 aromatic heterocycles. The lowest BCUT2D eigenvalue weighted by molar-refractivity contribution is -0.120. The van der Waals surface area contributed by atoms with Crippen molar-refractivity contribution in [2.24, 2.45) is 5.10 Å². The molecule has 1 aliphatic rings. The van der Waals surface area contributed by atoms with E-state index < -0.39 is 0 Å². The van der Waals surface area contributed by atoms with E-state index in [1.54, 1.807) is 12.1 Å². The summed E-state index contributed by atoms with van der Waals surface area (Å²) in [7, 11) is 0. The van der Waals surface area contributed by atoms with Gasteiger partial charge in [-0.15, -0.1) is 0 Å². The number of carbonyl (C=O) groups is 1. The fourth-order valence-corrected chi connectivity index (χ4v) is 2.53. The normalized spacial score (nSPS) is 12.6. The number of rotatable bonds is 5. The summed E-state index contributed by atoms with van der Waals surface area (Å²) in [6.45, 7) is 2.28. The van der Waals surface area contributed by atoms with Gasteiger partial charge in [0.25, 0.3) is 0 Å². The first-order chi connectivity index (χ1) is 11.7. The minimum absolute atomic E-state index is 0.180. The SMILES string of the molecule is CCc1ccc(CC(=O)N/N=C\c2cc3c(cc2Cl)OCO3)cc1. The lowest BCUT2D eigenvalue weighted by Gasteiger charge is -2.03. The molecule has 0 fully saturated rings. The van der Waals surface area contributed by atoms with Crippen LogP contribution in [0, 0.1) is 0 Å². The van der Waals surface area contributed by atoms with Crippen molar-refractivity contribution < 1.29 is 14.3 Å². The van der Waals surface area contributed by atoms with E-state index in [0.717, 1.165) is 12.0 Å². The lowest BCUT2D eigenvalue weighted by Crippen LogP contribution is -2.19. The van der Waals surface area contributed by atoms with Gasteiger partial charge < -0.3 is 9.47 Å². The van der Waals surface area contributed by atoms with Crippen molar-refractivity contribution in [3.63, 3.8) is 0 Å². The molecule has 0 saturated carbocycles. The van der Waals surface area contributed by atoms with Crippen LogP contribution in [-0.4, -0.2) is 18.9 Å². The zero-order valence-corrected chi connectivity index (χ0v) is 14.0. The van der Waals surface area contributed by atoms with E-state index in [-0.39, 0.29) is 19.1 Å². The summed E-state index contributed by atoms with van der Waals surface area (Å²) >= 11 is 6.14. The molecule has 3 rings (SSSR count). The van der Waals surface area contributed by atoms with Crippen LogP contribution >= 0.6 is 11.6 Å². The molecule has 1 amide bonds. The molecular weight excluding hydrogens is 328 g/mol. The fourth-order valence-electron chi connectivity index (χ4n) is 2.32. The van der Waals surface area contributed by atoms with Crippen molar-refractivity contribution in [2.75, 3.05) is 6.79 Å². The Hall–Kier alpha value is -2.53. The molecule has 0 radical (unpaired) electrons. The van der Waals surface area contributed by atoms with Crippen molar-refractivity contribution in [1.29, 1.82) is 0 Å². The molecule has 2 aromatic rings. The zero-order chi connectivity index (χ0) is 16.9. The summed E-state index contributed by atoms with van der Waals surface area (Å²) in [5.74, 6) is 1.03. The van der Waals surface area contributed by atoms with Gasteiger partial charge in [-0.3, -0.25) is 4.79 Å². The Morgan fingerprint density at radius 1 is 1.21 bits per heavy atom. The predicted octanol–water partition coefficient (Wildman–Crippen LogP) is 3.32. The molecule has 0 bridgehead atoms. The van der Waals surface area contributed by atoms with E-state index in [4.69, 9.17) is 21.1 Å². The second kappa shape index (κ2) is 7.36. The Balaban J connectivity index is 1.58. The second-order valence-corrected chi connectivity index (χ2v) is 5.77. The molecule has 5 nitrogen and oxygen atoms in total. The van der Waals surface area contributed by atoms with Gasteiger partial charge in [-0.1, -0.05) is 42.8 Å². The van der Waals surface area contributed by atoms with Crippen LogP contribution in [0.25, 0.3) is 0 Å². The maximum absolute atomic E-state index is 11.9. The van der Waals surface area contributed by atoms with Gasteiger partial charge in [-0.25, -0.2) is 5.43 Å². The van der Waals surface area contributed by atoms with Gasteiger partial charge in [0.15, 0.2) is 11.5 Å². The zero-order valence-electron chi connectivity index (χ0n) is 13.2. The molecule has 24 heavy (non-hydrogen) atoms. The van der Waals surface area contributed by atoms with Crippen molar-refractivity contribution in [3.05, 3.63) is 58.1 Å². The number of nitrogens with one attached hydrogen (secondary N) is 1. The quantitative estimate of drug-likeness (QED) is 0.668. The number of nitrogens with zero attached hydrogens (tertiary/aromatic N) is 1. The molecule has 0 unspecified atom stereocenters. The summed E-state index contributed by atoms with van der Waals surface area (Å²) in [4.78, 5) is 11.9. The Bertz CT molecular complexity index is 773. The van der Waals surface area contributed by atoms with E-state index >= 15 is 0 Å². The highest BCUT2D eigenvalue weighted by Gasteiger charge is 2.15. The molecule has 124 valence electrons. The molecule has 1 N–H and O–H groups in total. The van der Waals surface area contributed by atoms with Gasteiger partial charge in [0, 0.05) is 11.6 Å². The number of carbonyl (C=O) groups excluding carboxylic acids is 1. The number of fused-ring (bicyclic) bond motifs is 1. The van der Waals surface area contributed by atoms with Crippen LogP contribution in [0.15, 0.2) is 41.5 Å². The van der Waals surface area contributed by atoms with E-state index in [1.807, 2.05) is 24.3 Å². The number of benzene rings is 2. The molecule has 1 aliphatic heterocycles. The molecule has 0 atom stereocenters. The molecule has 0 spiro atoms. The van der Waals surface area contributed by atoms with Crippen LogP contribution < -0.4 is 14.9 Å². The number of hydrogen-bond acceptors (Lipinski definition) is 4. The monoisotopic (exact) mass is 344 g/mol. The third kappa shape index (κ3) is 3.86. The molecule has 2 aromatic carbocycles. The van der Waals surface area contributed by atoms with E-state index in [2.05, 4.69) is 17.5 Å². The van der Waals surface area contributed by atoms with Crippen LogP contribution in [0.1, 0.15) is 23.6 Å². The van der Waals surface area contributed by atoms with Gasteiger partial charge in [-0.2, -0.15) is 5.10 Å². The minimum atomic E-state index is -0.188. The lowest BCUT2D eigenvalue weighted by atomic mass is 10.1. The maximum Gasteiger partial charge on any atom is 0.244 e. The van der Waals surface area contributed by atoms with Crippen molar-refractivity contribution in [1.82, 2.24) is 5.43 Å². The van der Waals surface area contributed by atoms with Crippen LogP contribution in [0.5, 0.6) is 11.5 Å². The summed E-state index contributed by atoms with van der Waals surface area (Å²) in [5, 5.41) is 4.43. The topological polar surface area (TPSA) is 59.9 Å². The summed E-state index contributed by atoms with van der Waals surface area (Å²) in [6, 6.07) is 11.4. The number of aryl methyl sites for hydroxylation is 1. The average Bonchev–Trinajstić information content (AvgIpc) is 3.02. The first-order valence-electron chi connectivity index (χ1n) is 7.64. The fraction of sp³-hybridized carbons (Fsp3) is 0.222. The Morgan fingerprint density at radius 2 is 1.88 bits per heavy atom. The van der Waals surface area contributed by atoms with Crippen LogP contribution in [0.3, 0.4) is 0 Å². The number of amides is 1. The van der Waals surface area contributed by atoms with Gasteiger partial charge in [0.05, 0.1) is 17.7 Å². The highest BCUT2D eigenvalue weighted by molar-refractivity contribution is 6.33. The third-order valence-corrected chi connectivity index (χ3v) is 4.01. The van der Waals surface area contributed by atoms with E-state index in [9.17, 15) is 4.79 Å². The third-order valence-electron chi connectivity index (χ3n) is 3.68. The summed E-state index contributed by atoms with van der Waals surface area (Å²) < 4.78 is 10.5. The van der Waals surface area contributed by atoms with E-state index in [1.165, 1.54) is 11.8 Å². The largest absolute Gasteiger partial charge is 0.454 e. The number of halogens is 1. The van der Waals surface area contributed by atoms with E-state index in [0.29, 0.717) is 22.1 Å². The van der Waals surface area contributed by atoms with Gasteiger partial charge in [0.2, 0.25) is 12.7 Å². The van der Waals surface area contributed by atoms with Gasteiger partial charge in [-0.05, 0) is 23.6 Å². The average molecular weight is 345 g/mol. The smallest absolute Gasteiger partial charge is 0.244 e. The molecule has 1 heterocycles. The van der Waals surface area contributed by atoms with Gasteiger partial charge >= 0.3 is 0 Å². The van der Waals surface area contributed by atoms with Crippen molar-refractivity contribution in [3.8, 4) is 11.5 Å². The van der Waals surface area contributed by atoms with Crippen LogP contribution in [0.2, 0.25) is 5.02 Å². The number of hydrazone groups is 1. The van der Waals surface area contributed by atoms with Crippen LogP contribution in [0.4, 0.5) is 0 Å². The van der Waals surface area contributed by atoms with Crippen molar-refractivity contribution >= 4 is 23.7 Å². The number of hydrogen-bond donors (Lipinski definition) is 1. The molecule has 6 heteroatoms. The first-order valence-corrected chi connectivity index (χ1v) is 8.02. The summed E-state index contributed by atoms with van der Waals surface area (Å²) in [5.41, 5.74) is 5.34. The van der Waals surface area contributed by atoms with Crippen LogP contribution in [-0.2, 0) is 17.6 Å². The molecule has 0 aliphatic carbocycles. The summed E-state index contributed by atoms with van der Waals surface area (Å²) in [6.07, 6.45) is 2.74. The Kier molecular flexibility index (Phi) is 5.01. The first kappa shape index (κ1) is 16.3. The highest BCUT2D eigenvalue weighted by Crippen LogP contribution is 2.36. The highest BCUT2D eigenvalue weighted by atomic mass is 35.5. The van der Waals surface area contributed by atoms with Gasteiger partial charge in [0.1, 0.15) is 0 Å². The predicted molar refractivity (Wildman–Crippen MR) is 92.8 cm³/mol. The molecular formula is C18H17ClN2O3. The van der Waals surface area contributed by atoms with Crippen molar-refractivity contribution in [2.45, 2.75) is 19.8 Å². The Labute approximate surface area is 145 Å². The second-order valence-electron chi connectivity index (χ2n) is 5.37. The maximum atomic E-state index is 11.9. The Morgan fingerprint density at radius 3 is 2.58 bits per heavy atom. The standard InChI is InChI=1S/C18H17ClN2O3/c1-2-12-3-5-13(6-4-12)7-18(22)21-20-10-14-8-16-17(9-15(14)19)24-11-23-16/h3-6,8-10H,2,7,11H2,1H3,(H,21,22)/b20-10-. The molecule has 0 saturated heterocycles. The minimum Gasteiger partial charge on any atom is -0.454 e.